The van der Waals surface area contributed by atoms with Gasteiger partial charge in [-0.05, 0) is 43.9 Å². The normalized spacial score (nSPS) is 24.8. The van der Waals surface area contributed by atoms with E-state index in [1.165, 1.54) is 22.4 Å². The van der Waals surface area contributed by atoms with Gasteiger partial charge in [0.15, 0.2) is 0 Å². The fraction of sp³-hybridized carbons (Fsp3) is 0.400. The molecule has 2 aliphatic rings. The summed E-state index contributed by atoms with van der Waals surface area (Å²) in [4.78, 5) is 17.6. The molecule has 23 heavy (non-hydrogen) atoms. The van der Waals surface area contributed by atoms with Crippen LogP contribution in [0.15, 0.2) is 35.5 Å². The molecule has 1 heterocycles. The number of aliphatic imine (C=N–C) groups is 1. The lowest BCUT2D eigenvalue weighted by molar-refractivity contribution is -0.122. The number of benzene rings is 1. The molecule has 0 unspecified atom stereocenters. The summed E-state index contributed by atoms with van der Waals surface area (Å²) in [6.07, 6.45) is 4.82. The third-order valence-electron chi connectivity index (χ3n) is 5.40. The molecule has 0 amide bonds. The molecule has 0 saturated heterocycles. The molecular weight excluding hydrogens is 284 g/mol. The number of hydrogen-bond acceptors (Lipinski definition) is 2. The molecule has 1 aromatic heterocycles. The SMILES string of the molecule is Cc1cccc(C)c1N=C1c2ccn(C)c2[C@H]2C(=O)CCC[C@@H]12. The molecule has 0 aliphatic heterocycles. The minimum absolute atomic E-state index is 0.0156. The summed E-state index contributed by atoms with van der Waals surface area (Å²) in [5, 5.41) is 0. The summed E-state index contributed by atoms with van der Waals surface area (Å²) in [6.45, 7) is 4.22. The minimum atomic E-state index is 0.0156. The number of hydrogen-bond donors (Lipinski definition) is 0. The van der Waals surface area contributed by atoms with E-state index in [2.05, 4.69) is 48.9 Å². The van der Waals surface area contributed by atoms with Gasteiger partial charge in [0.25, 0.3) is 0 Å². The highest BCUT2D eigenvalue weighted by molar-refractivity contribution is 6.13. The Bertz CT molecular complexity index is 808. The number of rotatable bonds is 1. The van der Waals surface area contributed by atoms with Crippen molar-refractivity contribution >= 4 is 17.2 Å². The Balaban J connectivity index is 1.91. The molecular formula is C20H22N2O. The first-order valence-corrected chi connectivity index (χ1v) is 8.41. The number of para-hydroxylation sites is 1. The highest BCUT2D eigenvalue weighted by Gasteiger charge is 2.45. The summed E-state index contributed by atoms with van der Waals surface area (Å²) >= 11 is 0. The van der Waals surface area contributed by atoms with Crippen molar-refractivity contribution in [3.63, 3.8) is 0 Å². The average Bonchev–Trinajstić information content (AvgIpc) is 3.03. The van der Waals surface area contributed by atoms with Gasteiger partial charge < -0.3 is 4.57 Å². The second-order valence-corrected chi connectivity index (χ2v) is 6.91. The van der Waals surface area contributed by atoms with Crippen LogP contribution >= 0.6 is 0 Å². The van der Waals surface area contributed by atoms with Crippen LogP contribution in [0.2, 0.25) is 0 Å². The Labute approximate surface area is 137 Å². The second kappa shape index (κ2) is 5.19. The lowest BCUT2D eigenvalue weighted by Gasteiger charge is -2.25. The van der Waals surface area contributed by atoms with Crippen molar-refractivity contribution < 1.29 is 4.79 Å². The largest absolute Gasteiger partial charge is 0.353 e. The molecule has 3 nitrogen and oxygen atoms in total. The van der Waals surface area contributed by atoms with Crippen molar-refractivity contribution in [2.24, 2.45) is 18.0 Å². The summed E-state index contributed by atoms with van der Waals surface area (Å²) in [7, 11) is 2.04. The van der Waals surface area contributed by atoms with Crippen LogP contribution in [0.25, 0.3) is 0 Å². The number of carbonyl (C=O) groups is 1. The van der Waals surface area contributed by atoms with Gasteiger partial charge in [0, 0.05) is 36.8 Å². The second-order valence-electron chi connectivity index (χ2n) is 6.91. The predicted octanol–water partition coefficient (Wildman–Crippen LogP) is 4.23. The molecule has 1 saturated carbocycles. The number of Topliss-reactive ketones (excluding diaryl/α,β-unsaturated/α-hetero) is 1. The molecule has 2 aromatic rings. The van der Waals surface area contributed by atoms with Gasteiger partial charge in [-0.15, -0.1) is 0 Å². The van der Waals surface area contributed by atoms with Gasteiger partial charge in [-0.1, -0.05) is 18.2 Å². The number of aryl methyl sites for hydroxylation is 3. The Kier molecular flexibility index (Phi) is 3.26. The summed E-state index contributed by atoms with van der Waals surface area (Å²) < 4.78 is 2.11. The van der Waals surface area contributed by atoms with Crippen LogP contribution in [0, 0.1) is 19.8 Å². The Morgan fingerprint density at radius 1 is 1.17 bits per heavy atom. The van der Waals surface area contributed by atoms with Crippen molar-refractivity contribution in [2.75, 3.05) is 0 Å². The molecule has 2 aliphatic carbocycles. The van der Waals surface area contributed by atoms with E-state index >= 15 is 0 Å². The number of ketones is 1. The van der Waals surface area contributed by atoms with Crippen LogP contribution in [-0.4, -0.2) is 16.1 Å². The number of carbonyl (C=O) groups excluding carboxylic acids is 1. The molecule has 3 heteroatoms. The lowest BCUT2D eigenvalue weighted by Crippen LogP contribution is -2.27. The van der Waals surface area contributed by atoms with Gasteiger partial charge >= 0.3 is 0 Å². The Hall–Kier alpha value is -2.16. The van der Waals surface area contributed by atoms with Crippen LogP contribution in [0.3, 0.4) is 0 Å². The summed E-state index contributed by atoms with van der Waals surface area (Å²) in [5.74, 6) is 0.658. The molecule has 4 rings (SSSR count). The van der Waals surface area contributed by atoms with Crippen LogP contribution in [-0.2, 0) is 11.8 Å². The lowest BCUT2D eigenvalue weighted by atomic mass is 9.79. The fourth-order valence-corrected chi connectivity index (χ4v) is 4.27. The van der Waals surface area contributed by atoms with Gasteiger partial charge in [0.1, 0.15) is 5.78 Å². The maximum Gasteiger partial charge on any atom is 0.142 e. The zero-order chi connectivity index (χ0) is 16.1. The molecule has 0 radical (unpaired) electrons. The van der Waals surface area contributed by atoms with E-state index < -0.39 is 0 Å². The first-order chi connectivity index (χ1) is 11.1. The molecule has 0 spiro atoms. The van der Waals surface area contributed by atoms with Gasteiger partial charge in [-0.25, -0.2) is 0 Å². The van der Waals surface area contributed by atoms with Crippen molar-refractivity contribution in [3.05, 3.63) is 52.8 Å². The quantitative estimate of drug-likeness (QED) is 0.776. The highest BCUT2D eigenvalue weighted by atomic mass is 16.1. The van der Waals surface area contributed by atoms with E-state index in [4.69, 9.17) is 4.99 Å². The van der Waals surface area contributed by atoms with Crippen molar-refractivity contribution in [2.45, 2.75) is 39.0 Å². The fourth-order valence-electron chi connectivity index (χ4n) is 4.27. The predicted molar refractivity (Wildman–Crippen MR) is 92.6 cm³/mol. The third-order valence-corrected chi connectivity index (χ3v) is 5.40. The first kappa shape index (κ1) is 14.4. The Morgan fingerprint density at radius 2 is 1.91 bits per heavy atom. The molecule has 0 bridgehead atoms. The highest BCUT2D eigenvalue weighted by Crippen LogP contribution is 2.46. The minimum Gasteiger partial charge on any atom is -0.353 e. The van der Waals surface area contributed by atoms with E-state index in [9.17, 15) is 4.79 Å². The van der Waals surface area contributed by atoms with E-state index in [0.29, 0.717) is 12.2 Å². The van der Waals surface area contributed by atoms with E-state index in [1.807, 2.05) is 7.05 Å². The van der Waals surface area contributed by atoms with Crippen LogP contribution in [0.1, 0.15) is 47.6 Å². The smallest absolute Gasteiger partial charge is 0.142 e. The molecule has 2 atom stereocenters. The van der Waals surface area contributed by atoms with Crippen molar-refractivity contribution in [1.29, 1.82) is 0 Å². The number of aromatic nitrogens is 1. The maximum absolute atomic E-state index is 12.6. The van der Waals surface area contributed by atoms with E-state index in [1.54, 1.807) is 0 Å². The van der Waals surface area contributed by atoms with Crippen molar-refractivity contribution in [1.82, 2.24) is 4.57 Å². The first-order valence-electron chi connectivity index (χ1n) is 8.41. The van der Waals surface area contributed by atoms with Crippen LogP contribution in [0.5, 0.6) is 0 Å². The Morgan fingerprint density at radius 3 is 2.65 bits per heavy atom. The van der Waals surface area contributed by atoms with Gasteiger partial charge in [-0.3, -0.25) is 9.79 Å². The standard InChI is InChI=1S/C20H22N2O/c1-12-6-4-7-13(2)18(12)21-19-14-8-5-9-16(23)17(14)20-15(19)10-11-22(20)3/h4,6-7,10-11,14,17H,5,8-9H2,1-3H3/t14-,17-/m1/s1. The maximum atomic E-state index is 12.6. The van der Waals surface area contributed by atoms with E-state index in [-0.39, 0.29) is 11.8 Å². The zero-order valence-electron chi connectivity index (χ0n) is 14.0. The van der Waals surface area contributed by atoms with Crippen LogP contribution in [0.4, 0.5) is 5.69 Å². The van der Waals surface area contributed by atoms with Gasteiger partial charge in [0.2, 0.25) is 0 Å². The molecule has 0 N–H and O–H groups in total. The summed E-state index contributed by atoms with van der Waals surface area (Å²) in [6, 6.07) is 8.42. The molecule has 118 valence electrons. The van der Waals surface area contributed by atoms with Gasteiger partial charge in [-0.2, -0.15) is 0 Å². The zero-order valence-corrected chi connectivity index (χ0v) is 14.0. The monoisotopic (exact) mass is 306 g/mol. The summed E-state index contributed by atoms with van der Waals surface area (Å²) in [5.41, 5.74) is 6.93. The number of fused-ring (bicyclic) bond motifs is 3. The van der Waals surface area contributed by atoms with Gasteiger partial charge in [0.05, 0.1) is 17.3 Å². The molecule has 1 aromatic carbocycles. The third kappa shape index (κ3) is 2.10. The van der Waals surface area contributed by atoms with Crippen LogP contribution < -0.4 is 0 Å². The van der Waals surface area contributed by atoms with E-state index in [0.717, 1.165) is 24.2 Å². The topological polar surface area (TPSA) is 34.4 Å². The number of nitrogens with zero attached hydrogens (tertiary/aromatic N) is 2. The average molecular weight is 306 g/mol. The van der Waals surface area contributed by atoms with Crippen molar-refractivity contribution in [3.8, 4) is 0 Å². The molecule has 1 fully saturated rings.